The van der Waals surface area contributed by atoms with Gasteiger partial charge in [0.2, 0.25) is 11.8 Å². The predicted molar refractivity (Wildman–Crippen MR) is 221 cm³/mol. The van der Waals surface area contributed by atoms with E-state index in [0.717, 1.165) is 33.5 Å². The van der Waals surface area contributed by atoms with Crippen molar-refractivity contribution in [2.75, 3.05) is 0 Å². The third kappa shape index (κ3) is 5.20. The number of para-hydroxylation sites is 1. The van der Waals surface area contributed by atoms with Crippen molar-refractivity contribution >= 4 is 44.4 Å². The van der Waals surface area contributed by atoms with Crippen LogP contribution in [-0.4, -0.2) is 38.6 Å². The van der Waals surface area contributed by atoms with E-state index >= 15 is 0 Å². The highest BCUT2D eigenvalue weighted by Gasteiger charge is 2.46. The molecule has 0 N–H and O–H groups in total. The van der Waals surface area contributed by atoms with Crippen LogP contribution in [0.4, 0.5) is 0 Å². The molecule has 5 nitrogen and oxygen atoms in total. The Hall–Kier alpha value is -5.68. The van der Waals surface area contributed by atoms with E-state index in [1.807, 2.05) is 0 Å². The second-order valence-corrected chi connectivity index (χ2v) is 16.6. The van der Waals surface area contributed by atoms with Crippen molar-refractivity contribution in [2.24, 2.45) is 9.98 Å². The van der Waals surface area contributed by atoms with Crippen LogP contribution in [0, 0.1) is 0 Å². The standard InChI is InChI=1S/C48H45N3O2/c1-45(2)47(5,6)52-43(49-45)32-22-18-30(19-23-32)34-26-27-38-40(28-34)51(35-14-10-9-11-15-35)41-29-39(36-16-12-13-17-37(36)42(38)41)31-20-24-33(25-21-31)44-50-46(3,4)48(7,8)53-44/h9-29H,1-8H3. The van der Waals surface area contributed by atoms with Crippen LogP contribution in [-0.2, 0) is 9.47 Å². The molecule has 6 aromatic carbocycles. The Morgan fingerprint density at radius 3 is 1.47 bits per heavy atom. The molecule has 264 valence electrons. The normalized spacial score (nSPS) is 18.2. The molecule has 3 heterocycles. The van der Waals surface area contributed by atoms with Gasteiger partial charge in [-0.05, 0) is 137 Å². The fourth-order valence-corrected chi connectivity index (χ4v) is 7.55. The topological polar surface area (TPSA) is 48.1 Å². The Bertz CT molecular complexity index is 2640. The highest BCUT2D eigenvalue weighted by molar-refractivity contribution is 6.24. The Morgan fingerprint density at radius 2 is 0.925 bits per heavy atom. The van der Waals surface area contributed by atoms with Gasteiger partial charge in [-0.25, -0.2) is 9.98 Å². The minimum absolute atomic E-state index is 0.293. The number of benzene rings is 6. The highest BCUT2D eigenvalue weighted by Crippen LogP contribution is 2.43. The summed E-state index contributed by atoms with van der Waals surface area (Å²) in [5, 5.41) is 4.93. The third-order valence-corrected chi connectivity index (χ3v) is 12.1. The summed E-state index contributed by atoms with van der Waals surface area (Å²) in [7, 11) is 0. The number of ether oxygens (including phenoxy) is 2. The molecule has 0 radical (unpaired) electrons. The summed E-state index contributed by atoms with van der Waals surface area (Å²) in [6.07, 6.45) is 0. The average molecular weight is 696 g/mol. The molecule has 2 aliphatic heterocycles. The first kappa shape index (κ1) is 33.2. The average Bonchev–Trinajstić information content (AvgIpc) is 3.68. The summed E-state index contributed by atoms with van der Waals surface area (Å²) in [5.74, 6) is 1.41. The Labute approximate surface area is 311 Å². The van der Waals surface area contributed by atoms with Gasteiger partial charge in [-0.2, -0.15) is 0 Å². The molecular formula is C48H45N3O2. The van der Waals surface area contributed by atoms with E-state index in [-0.39, 0.29) is 22.3 Å². The Morgan fingerprint density at radius 1 is 0.434 bits per heavy atom. The van der Waals surface area contributed by atoms with Crippen molar-refractivity contribution < 1.29 is 9.47 Å². The second-order valence-electron chi connectivity index (χ2n) is 16.6. The zero-order valence-corrected chi connectivity index (χ0v) is 31.8. The van der Waals surface area contributed by atoms with Crippen LogP contribution in [0.2, 0.25) is 0 Å². The van der Waals surface area contributed by atoms with Crippen molar-refractivity contribution in [2.45, 2.75) is 77.7 Å². The fourth-order valence-electron chi connectivity index (χ4n) is 7.55. The van der Waals surface area contributed by atoms with Crippen molar-refractivity contribution in [3.8, 4) is 27.9 Å². The van der Waals surface area contributed by atoms with Crippen LogP contribution in [0.15, 0.2) is 137 Å². The minimum atomic E-state index is -0.370. The van der Waals surface area contributed by atoms with E-state index in [4.69, 9.17) is 19.5 Å². The van der Waals surface area contributed by atoms with Crippen molar-refractivity contribution in [1.82, 2.24) is 4.57 Å². The summed E-state index contributed by atoms with van der Waals surface area (Å²) in [5.41, 5.74) is 8.76. The molecule has 0 bridgehead atoms. The number of fused-ring (bicyclic) bond motifs is 5. The first-order valence-corrected chi connectivity index (χ1v) is 18.6. The van der Waals surface area contributed by atoms with Crippen LogP contribution in [0.25, 0.3) is 60.5 Å². The summed E-state index contributed by atoms with van der Waals surface area (Å²) in [6, 6.07) is 46.0. The summed E-state index contributed by atoms with van der Waals surface area (Å²) >= 11 is 0. The molecule has 0 saturated heterocycles. The summed E-state index contributed by atoms with van der Waals surface area (Å²) in [6.45, 7) is 16.9. The third-order valence-electron chi connectivity index (χ3n) is 12.1. The molecule has 2 aliphatic rings. The van der Waals surface area contributed by atoms with Crippen LogP contribution in [0.1, 0.15) is 66.5 Å². The monoisotopic (exact) mass is 695 g/mol. The van der Waals surface area contributed by atoms with Crippen LogP contribution < -0.4 is 0 Å². The SMILES string of the molecule is CC1(C)N=C(c2ccc(-c3ccc4c5c6ccccc6c(-c6ccc(C7=NC(C)(C)C(C)(C)O7)cc6)cc5n(-c5ccccc5)c4c3)cc2)OC1(C)C. The molecular weight excluding hydrogens is 651 g/mol. The molecule has 0 fully saturated rings. The van der Waals surface area contributed by atoms with E-state index in [9.17, 15) is 0 Å². The second kappa shape index (κ2) is 11.4. The molecule has 0 atom stereocenters. The number of hydrogen-bond donors (Lipinski definition) is 0. The first-order valence-electron chi connectivity index (χ1n) is 18.6. The van der Waals surface area contributed by atoms with Crippen molar-refractivity contribution in [1.29, 1.82) is 0 Å². The maximum Gasteiger partial charge on any atom is 0.217 e. The largest absolute Gasteiger partial charge is 0.469 e. The number of hydrogen-bond acceptors (Lipinski definition) is 4. The lowest BCUT2D eigenvalue weighted by Crippen LogP contribution is -2.41. The molecule has 0 unspecified atom stereocenters. The van der Waals surface area contributed by atoms with Crippen LogP contribution in [0.5, 0.6) is 0 Å². The molecule has 0 saturated carbocycles. The summed E-state index contributed by atoms with van der Waals surface area (Å²) in [4.78, 5) is 9.87. The number of aliphatic imine (C=N–C) groups is 2. The van der Waals surface area contributed by atoms with Gasteiger partial charge in [0.25, 0.3) is 0 Å². The van der Waals surface area contributed by atoms with Gasteiger partial charge in [-0.3, -0.25) is 0 Å². The zero-order valence-electron chi connectivity index (χ0n) is 31.8. The molecule has 5 heteroatoms. The first-order chi connectivity index (χ1) is 25.2. The lowest BCUT2D eigenvalue weighted by Gasteiger charge is -2.30. The minimum Gasteiger partial charge on any atom is -0.469 e. The predicted octanol–water partition coefficient (Wildman–Crippen LogP) is 11.9. The van der Waals surface area contributed by atoms with E-state index in [1.165, 1.54) is 38.1 Å². The van der Waals surface area contributed by atoms with Crippen LogP contribution in [0.3, 0.4) is 0 Å². The maximum absolute atomic E-state index is 6.34. The van der Waals surface area contributed by atoms with E-state index in [1.54, 1.807) is 0 Å². The number of aromatic nitrogens is 1. The molecule has 0 aliphatic carbocycles. The van der Waals surface area contributed by atoms with Gasteiger partial charge in [0.1, 0.15) is 11.2 Å². The van der Waals surface area contributed by atoms with Crippen molar-refractivity contribution in [3.05, 3.63) is 139 Å². The van der Waals surface area contributed by atoms with Gasteiger partial charge in [-0.15, -0.1) is 0 Å². The lowest BCUT2D eigenvalue weighted by atomic mass is 9.87. The quantitative estimate of drug-likeness (QED) is 0.180. The zero-order chi connectivity index (χ0) is 36.9. The number of rotatable bonds is 5. The van der Waals surface area contributed by atoms with E-state index in [2.05, 4.69) is 187 Å². The fraction of sp³-hybridized carbons (Fsp3) is 0.250. The van der Waals surface area contributed by atoms with Crippen molar-refractivity contribution in [3.63, 3.8) is 0 Å². The van der Waals surface area contributed by atoms with Gasteiger partial charge in [-0.1, -0.05) is 78.9 Å². The van der Waals surface area contributed by atoms with Gasteiger partial charge in [0.05, 0.1) is 22.1 Å². The summed E-state index contributed by atoms with van der Waals surface area (Å²) < 4.78 is 15.1. The molecule has 53 heavy (non-hydrogen) atoms. The van der Waals surface area contributed by atoms with Gasteiger partial charge >= 0.3 is 0 Å². The van der Waals surface area contributed by atoms with Gasteiger partial charge in [0, 0.05) is 27.6 Å². The van der Waals surface area contributed by atoms with E-state index < -0.39 is 0 Å². The lowest BCUT2D eigenvalue weighted by molar-refractivity contribution is 0.0618. The van der Waals surface area contributed by atoms with Gasteiger partial charge in [0.15, 0.2) is 0 Å². The Kier molecular flexibility index (Phi) is 7.14. The molecule has 9 rings (SSSR count). The molecule has 1 aromatic heterocycles. The molecule has 0 amide bonds. The highest BCUT2D eigenvalue weighted by atomic mass is 16.5. The van der Waals surface area contributed by atoms with Gasteiger partial charge < -0.3 is 14.0 Å². The van der Waals surface area contributed by atoms with Crippen LogP contribution >= 0.6 is 0 Å². The molecule has 0 spiro atoms. The Balaban J connectivity index is 1.19. The smallest absolute Gasteiger partial charge is 0.217 e. The maximum atomic E-state index is 6.34. The number of nitrogens with zero attached hydrogens (tertiary/aromatic N) is 3. The van der Waals surface area contributed by atoms with E-state index in [0.29, 0.717) is 11.8 Å². The molecule has 7 aromatic rings.